The monoisotopic (exact) mass is 562 g/mol. The molecule has 1 saturated heterocycles. The van der Waals surface area contributed by atoms with Gasteiger partial charge in [0.15, 0.2) is 5.96 Å². The van der Waals surface area contributed by atoms with Gasteiger partial charge in [-0.05, 0) is 43.6 Å². The van der Waals surface area contributed by atoms with Crippen LogP contribution in [0.1, 0.15) is 51.5 Å². The summed E-state index contributed by atoms with van der Waals surface area (Å²) in [4.78, 5) is 44.6. The van der Waals surface area contributed by atoms with Gasteiger partial charge in [0, 0.05) is 18.8 Å². The second kappa shape index (κ2) is 17.4. The van der Waals surface area contributed by atoms with Gasteiger partial charge in [0.25, 0.3) is 0 Å². The van der Waals surface area contributed by atoms with Crippen LogP contribution in [0, 0.1) is 5.92 Å². The number of thioether (sulfide) groups is 1. The van der Waals surface area contributed by atoms with Crippen molar-refractivity contribution in [1.29, 1.82) is 0 Å². The van der Waals surface area contributed by atoms with E-state index in [1.807, 2.05) is 44.2 Å². The van der Waals surface area contributed by atoms with Crippen LogP contribution in [0.25, 0.3) is 0 Å². The first-order valence-electron chi connectivity index (χ1n) is 11.8. The zero-order chi connectivity index (χ0) is 25.1. The number of benzene rings is 1. The molecule has 1 aromatic rings. The highest BCUT2D eigenvalue weighted by Gasteiger charge is 2.37. The first-order chi connectivity index (χ1) is 16.2. The summed E-state index contributed by atoms with van der Waals surface area (Å²) in [5.41, 5.74) is 17.9. The molecule has 2 rings (SSSR count). The lowest BCUT2D eigenvalue weighted by atomic mass is 10.0. The molecule has 9 nitrogen and oxygen atoms in total. The molecule has 1 aliphatic heterocycles. The molecule has 0 aliphatic carbocycles. The number of nitrogens with zero attached hydrogens (tertiary/aromatic N) is 2. The van der Waals surface area contributed by atoms with Gasteiger partial charge in [0.1, 0.15) is 6.04 Å². The van der Waals surface area contributed by atoms with Crippen LogP contribution in [0.4, 0.5) is 0 Å². The van der Waals surface area contributed by atoms with Gasteiger partial charge in [-0.25, -0.2) is 0 Å². The molecule has 0 bridgehead atoms. The topological polar surface area (TPSA) is 157 Å². The quantitative estimate of drug-likeness (QED) is 0.173. The Morgan fingerprint density at radius 3 is 2.44 bits per heavy atom. The molecular weight excluding hydrogens is 523 g/mol. The van der Waals surface area contributed by atoms with Crippen molar-refractivity contribution in [2.45, 2.75) is 69.8 Å². The van der Waals surface area contributed by atoms with Crippen molar-refractivity contribution < 1.29 is 14.4 Å². The number of carbonyl (C=O) groups is 3. The van der Waals surface area contributed by atoms with E-state index >= 15 is 0 Å². The number of likely N-dealkylation sites (tertiary alicyclic amines) is 1. The predicted octanol–water partition coefficient (Wildman–Crippen LogP) is 2.19. The van der Waals surface area contributed by atoms with Gasteiger partial charge in [0.2, 0.25) is 16.9 Å². The van der Waals surface area contributed by atoms with Crippen LogP contribution in [0.5, 0.6) is 0 Å². The van der Waals surface area contributed by atoms with Crippen LogP contribution < -0.4 is 22.5 Å². The normalized spacial score (nSPS) is 16.3. The molecule has 7 N–H and O–H groups in total. The zero-order valence-corrected chi connectivity index (χ0v) is 23.4. The largest absolute Gasteiger partial charge is 0.370 e. The van der Waals surface area contributed by atoms with E-state index < -0.39 is 18.1 Å². The summed E-state index contributed by atoms with van der Waals surface area (Å²) in [5, 5.41) is 2.76. The SMILES string of the molecule is CC(C)C[C@@H](N)C(=O)N1CCC[C@H]1C(=O)N[C@@H](CCCN=C(N)N)C(=O)SCc1ccccc1.Cl.Cl. The lowest BCUT2D eigenvalue weighted by Gasteiger charge is -2.28. The standard InChI is InChI=1S/C24H38N6O3S.2ClH/c1-16(2)14-18(25)22(32)30-13-7-11-20(30)21(31)29-19(10-6-12-28-24(26)27)23(33)34-15-17-8-4-3-5-9-17;;/h3-5,8-9,16,18-20H,6-7,10-15,25H2,1-2H3,(H,29,31)(H4,26,27,28);2*1H/t18-,19+,20+;;/m1../s1. The highest BCUT2D eigenvalue weighted by molar-refractivity contribution is 8.13. The summed E-state index contributed by atoms with van der Waals surface area (Å²) in [6, 6.07) is 7.73. The Bertz CT molecular complexity index is 856. The summed E-state index contributed by atoms with van der Waals surface area (Å²) in [6.45, 7) is 4.87. The van der Waals surface area contributed by atoms with Gasteiger partial charge >= 0.3 is 0 Å². The molecule has 36 heavy (non-hydrogen) atoms. The first-order valence-corrected chi connectivity index (χ1v) is 12.8. The van der Waals surface area contributed by atoms with E-state index in [2.05, 4.69) is 10.3 Å². The summed E-state index contributed by atoms with van der Waals surface area (Å²) < 4.78 is 0. The summed E-state index contributed by atoms with van der Waals surface area (Å²) in [5.74, 6) is 0.257. The highest BCUT2D eigenvalue weighted by Crippen LogP contribution is 2.21. The Hall–Kier alpha value is -2.01. The molecule has 1 aromatic carbocycles. The van der Waals surface area contributed by atoms with Crippen LogP contribution in [0.3, 0.4) is 0 Å². The molecule has 12 heteroatoms. The van der Waals surface area contributed by atoms with Crippen molar-refractivity contribution in [3.63, 3.8) is 0 Å². The molecule has 0 unspecified atom stereocenters. The third-order valence-corrected chi connectivity index (χ3v) is 6.70. The number of hydrogen-bond donors (Lipinski definition) is 4. The molecule has 0 saturated carbocycles. The van der Waals surface area contributed by atoms with E-state index in [1.54, 1.807) is 4.90 Å². The number of amides is 2. The summed E-state index contributed by atoms with van der Waals surface area (Å²) in [7, 11) is 0. The number of carbonyl (C=O) groups excluding carboxylic acids is 3. The number of rotatable bonds is 12. The highest BCUT2D eigenvalue weighted by atomic mass is 35.5. The minimum Gasteiger partial charge on any atom is -0.370 e. The Labute approximate surface area is 230 Å². The van der Waals surface area contributed by atoms with Crippen molar-refractivity contribution in [3.05, 3.63) is 35.9 Å². The smallest absolute Gasteiger partial charge is 0.243 e. The van der Waals surface area contributed by atoms with Gasteiger partial charge < -0.3 is 27.4 Å². The molecule has 0 spiro atoms. The maximum Gasteiger partial charge on any atom is 0.243 e. The van der Waals surface area contributed by atoms with Crippen LogP contribution in [-0.4, -0.2) is 59.0 Å². The van der Waals surface area contributed by atoms with Crippen molar-refractivity contribution in [1.82, 2.24) is 10.2 Å². The third-order valence-electron chi connectivity index (χ3n) is 5.65. The molecule has 0 radical (unpaired) electrons. The number of hydrogen-bond acceptors (Lipinski definition) is 6. The second-order valence-electron chi connectivity index (χ2n) is 9.03. The number of halogens is 2. The fraction of sp³-hybridized carbons (Fsp3) is 0.583. The van der Waals surface area contributed by atoms with Gasteiger partial charge in [-0.2, -0.15) is 0 Å². The van der Waals surface area contributed by atoms with E-state index in [0.29, 0.717) is 44.5 Å². The molecular formula is C24H40Cl2N6O3S. The van der Waals surface area contributed by atoms with Crippen LogP contribution in [0.15, 0.2) is 35.3 Å². The number of nitrogens with one attached hydrogen (secondary N) is 1. The average Bonchev–Trinajstić information content (AvgIpc) is 3.29. The van der Waals surface area contributed by atoms with Gasteiger partial charge in [-0.1, -0.05) is 55.9 Å². The fourth-order valence-corrected chi connectivity index (χ4v) is 4.85. The molecule has 1 fully saturated rings. The number of aliphatic imine (C=N–C) groups is 1. The van der Waals surface area contributed by atoms with Crippen LogP contribution >= 0.6 is 36.6 Å². The van der Waals surface area contributed by atoms with E-state index in [4.69, 9.17) is 17.2 Å². The van der Waals surface area contributed by atoms with Gasteiger partial charge in [-0.3, -0.25) is 19.4 Å². The Morgan fingerprint density at radius 2 is 1.83 bits per heavy atom. The lowest BCUT2D eigenvalue weighted by Crippen LogP contribution is -2.53. The van der Waals surface area contributed by atoms with Crippen LogP contribution in [-0.2, 0) is 20.1 Å². The van der Waals surface area contributed by atoms with Crippen molar-refractivity contribution in [3.8, 4) is 0 Å². The minimum absolute atomic E-state index is 0. The third kappa shape index (κ3) is 11.4. The second-order valence-corrected chi connectivity index (χ2v) is 10.0. The Balaban J connectivity index is 0.00000612. The van der Waals surface area contributed by atoms with Crippen molar-refractivity contribution in [2.75, 3.05) is 13.1 Å². The minimum atomic E-state index is -0.697. The summed E-state index contributed by atoms with van der Waals surface area (Å²) >= 11 is 1.17. The van der Waals surface area contributed by atoms with E-state index in [9.17, 15) is 14.4 Å². The summed E-state index contributed by atoms with van der Waals surface area (Å²) in [6.07, 6.45) is 2.78. The maximum atomic E-state index is 13.2. The maximum absolute atomic E-state index is 13.2. The molecule has 1 heterocycles. The molecule has 3 atom stereocenters. The van der Waals surface area contributed by atoms with E-state index in [1.165, 1.54) is 11.8 Å². The molecule has 0 aromatic heterocycles. The lowest BCUT2D eigenvalue weighted by molar-refractivity contribution is -0.140. The zero-order valence-electron chi connectivity index (χ0n) is 20.9. The number of nitrogens with two attached hydrogens (primary N) is 3. The Morgan fingerprint density at radius 1 is 1.17 bits per heavy atom. The van der Waals surface area contributed by atoms with E-state index in [-0.39, 0.29) is 53.6 Å². The van der Waals surface area contributed by atoms with Gasteiger partial charge in [0.05, 0.1) is 12.1 Å². The van der Waals surface area contributed by atoms with E-state index in [0.717, 1.165) is 12.0 Å². The van der Waals surface area contributed by atoms with Gasteiger partial charge in [-0.15, -0.1) is 24.8 Å². The Kier molecular flexibility index (Phi) is 16.5. The predicted molar refractivity (Wildman–Crippen MR) is 151 cm³/mol. The van der Waals surface area contributed by atoms with Crippen molar-refractivity contribution >= 4 is 59.5 Å². The molecule has 1 aliphatic rings. The first kappa shape index (κ1) is 34.0. The van der Waals surface area contributed by atoms with Crippen LogP contribution in [0.2, 0.25) is 0 Å². The average molecular weight is 564 g/mol. The fourth-order valence-electron chi connectivity index (χ4n) is 3.97. The van der Waals surface area contributed by atoms with Crippen molar-refractivity contribution in [2.24, 2.45) is 28.1 Å². The number of guanidine groups is 1. The molecule has 204 valence electrons. The molecule has 2 amide bonds.